The van der Waals surface area contributed by atoms with E-state index in [0.29, 0.717) is 29.6 Å². The van der Waals surface area contributed by atoms with Crippen molar-refractivity contribution < 1.29 is 19.0 Å². The minimum Gasteiger partial charge on any atom is -0.497 e. The van der Waals surface area contributed by atoms with Crippen LogP contribution in [0.2, 0.25) is 0 Å². The number of ether oxygens (including phenoxy) is 3. The number of benzene rings is 1. The number of carbonyl (C=O) groups is 1. The van der Waals surface area contributed by atoms with E-state index in [-0.39, 0.29) is 6.61 Å². The van der Waals surface area contributed by atoms with E-state index >= 15 is 0 Å². The molecule has 8 heteroatoms. The van der Waals surface area contributed by atoms with Gasteiger partial charge in [0.25, 0.3) is 0 Å². The van der Waals surface area contributed by atoms with E-state index in [1.807, 2.05) is 31.2 Å². The predicted octanol–water partition coefficient (Wildman–Crippen LogP) is 1.77. The summed E-state index contributed by atoms with van der Waals surface area (Å²) in [6, 6.07) is 7.05. The SMILES string of the molecule is COCCOC(=O)C1=C(C)Nc2ncnn2[C@@H]1c1cccc(OC)c1. The molecule has 25 heavy (non-hydrogen) atoms. The number of aromatic nitrogens is 3. The summed E-state index contributed by atoms with van der Waals surface area (Å²) in [4.78, 5) is 16.9. The number of fused-ring (bicyclic) bond motifs is 1. The standard InChI is InChI=1S/C17H20N4O4/c1-11-14(16(22)25-8-7-23-2)15(21-17(20-11)18-10-19-21)12-5-4-6-13(9-12)24-3/h4-6,9-10,15H,7-8H2,1-3H3,(H,18,19,20)/t15-/m1/s1. The summed E-state index contributed by atoms with van der Waals surface area (Å²) in [5.74, 6) is 0.845. The second-order valence-corrected chi connectivity index (χ2v) is 5.50. The van der Waals surface area contributed by atoms with Gasteiger partial charge in [-0.3, -0.25) is 0 Å². The van der Waals surface area contributed by atoms with E-state index in [9.17, 15) is 4.79 Å². The Morgan fingerprint density at radius 3 is 2.92 bits per heavy atom. The number of nitrogens with one attached hydrogen (secondary N) is 1. The lowest BCUT2D eigenvalue weighted by molar-refractivity contribution is -0.140. The van der Waals surface area contributed by atoms with Crippen molar-refractivity contribution in [2.75, 3.05) is 32.8 Å². The van der Waals surface area contributed by atoms with Crippen molar-refractivity contribution in [3.63, 3.8) is 0 Å². The molecule has 1 aliphatic rings. The average molecular weight is 344 g/mol. The van der Waals surface area contributed by atoms with Crippen LogP contribution in [0.5, 0.6) is 5.75 Å². The summed E-state index contributed by atoms with van der Waals surface area (Å²) in [5, 5.41) is 7.36. The van der Waals surface area contributed by atoms with Gasteiger partial charge in [-0.15, -0.1) is 0 Å². The zero-order valence-electron chi connectivity index (χ0n) is 14.4. The van der Waals surface area contributed by atoms with Gasteiger partial charge in [-0.1, -0.05) is 12.1 Å². The molecule has 8 nitrogen and oxygen atoms in total. The van der Waals surface area contributed by atoms with E-state index in [2.05, 4.69) is 15.4 Å². The van der Waals surface area contributed by atoms with Crippen LogP contribution >= 0.6 is 0 Å². The Hall–Kier alpha value is -2.87. The summed E-state index contributed by atoms with van der Waals surface area (Å²) in [6.07, 6.45) is 1.45. The largest absolute Gasteiger partial charge is 0.497 e. The van der Waals surface area contributed by atoms with E-state index in [1.165, 1.54) is 6.33 Å². The number of esters is 1. The van der Waals surface area contributed by atoms with Gasteiger partial charge in [-0.25, -0.2) is 9.48 Å². The number of hydrogen-bond acceptors (Lipinski definition) is 7. The number of carbonyl (C=O) groups excluding carboxylic acids is 1. The highest BCUT2D eigenvalue weighted by Crippen LogP contribution is 2.36. The van der Waals surface area contributed by atoms with Crippen molar-refractivity contribution in [1.82, 2.24) is 14.8 Å². The van der Waals surface area contributed by atoms with Gasteiger partial charge in [0.2, 0.25) is 5.95 Å². The molecule has 0 saturated heterocycles. The molecule has 1 aromatic carbocycles. The first kappa shape index (κ1) is 17.0. The number of nitrogens with zero attached hydrogens (tertiary/aromatic N) is 3. The third-order valence-electron chi connectivity index (χ3n) is 3.94. The monoisotopic (exact) mass is 344 g/mol. The smallest absolute Gasteiger partial charge is 0.338 e. The Balaban J connectivity index is 2.02. The minimum absolute atomic E-state index is 0.182. The van der Waals surface area contributed by atoms with Gasteiger partial charge in [0.15, 0.2) is 0 Å². The summed E-state index contributed by atoms with van der Waals surface area (Å²) in [7, 11) is 3.16. The molecule has 1 aromatic heterocycles. The molecule has 1 atom stereocenters. The third-order valence-corrected chi connectivity index (χ3v) is 3.94. The van der Waals surface area contributed by atoms with Crippen molar-refractivity contribution in [3.05, 3.63) is 47.4 Å². The van der Waals surface area contributed by atoms with Gasteiger partial charge >= 0.3 is 5.97 Å². The molecule has 1 aliphatic heterocycles. The van der Waals surface area contributed by atoms with Crippen LogP contribution in [0.15, 0.2) is 41.9 Å². The van der Waals surface area contributed by atoms with Crippen molar-refractivity contribution >= 4 is 11.9 Å². The Morgan fingerprint density at radius 2 is 2.16 bits per heavy atom. The van der Waals surface area contributed by atoms with Gasteiger partial charge in [-0.2, -0.15) is 10.1 Å². The molecule has 0 amide bonds. The molecule has 0 aliphatic carbocycles. The van der Waals surface area contributed by atoms with Gasteiger partial charge in [0, 0.05) is 12.8 Å². The van der Waals surface area contributed by atoms with E-state index in [4.69, 9.17) is 14.2 Å². The highest BCUT2D eigenvalue weighted by atomic mass is 16.6. The molecule has 2 heterocycles. The molecule has 132 valence electrons. The van der Waals surface area contributed by atoms with Gasteiger partial charge in [0.1, 0.15) is 24.7 Å². The van der Waals surface area contributed by atoms with Crippen LogP contribution in [0.4, 0.5) is 5.95 Å². The first-order valence-corrected chi connectivity index (χ1v) is 7.83. The molecule has 2 aromatic rings. The zero-order chi connectivity index (χ0) is 17.8. The molecule has 0 radical (unpaired) electrons. The van der Waals surface area contributed by atoms with Gasteiger partial charge in [0.05, 0.1) is 19.3 Å². The van der Waals surface area contributed by atoms with Crippen LogP contribution in [-0.4, -0.2) is 48.2 Å². The molecule has 0 bridgehead atoms. The van der Waals surface area contributed by atoms with Crippen molar-refractivity contribution in [1.29, 1.82) is 0 Å². The lowest BCUT2D eigenvalue weighted by Gasteiger charge is -2.28. The average Bonchev–Trinajstić information content (AvgIpc) is 3.08. The van der Waals surface area contributed by atoms with Crippen LogP contribution in [-0.2, 0) is 14.3 Å². The van der Waals surface area contributed by atoms with Crippen LogP contribution in [0.3, 0.4) is 0 Å². The summed E-state index contributed by atoms with van der Waals surface area (Å²) in [6.45, 7) is 2.34. The second-order valence-electron chi connectivity index (χ2n) is 5.50. The predicted molar refractivity (Wildman–Crippen MR) is 90.3 cm³/mol. The van der Waals surface area contributed by atoms with E-state index in [0.717, 1.165) is 5.56 Å². The molecule has 3 rings (SSSR count). The highest BCUT2D eigenvalue weighted by Gasteiger charge is 2.34. The molecule has 0 spiro atoms. The van der Waals surface area contributed by atoms with Gasteiger partial charge < -0.3 is 19.5 Å². The van der Waals surface area contributed by atoms with E-state index < -0.39 is 12.0 Å². The summed E-state index contributed by atoms with van der Waals surface area (Å²) >= 11 is 0. The zero-order valence-corrected chi connectivity index (χ0v) is 14.4. The Bertz CT molecular complexity index is 799. The number of allylic oxidation sites excluding steroid dienone is 1. The van der Waals surface area contributed by atoms with Gasteiger partial charge in [-0.05, 0) is 24.6 Å². The highest BCUT2D eigenvalue weighted by molar-refractivity contribution is 5.92. The first-order valence-electron chi connectivity index (χ1n) is 7.83. The van der Waals surface area contributed by atoms with Crippen LogP contribution in [0, 0.1) is 0 Å². The molecule has 0 saturated carbocycles. The normalized spacial score (nSPS) is 16.2. The maximum absolute atomic E-state index is 12.7. The molecular weight excluding hydrogens is 324 g/mol. The van der Waals surface area contributed by atoms with E-state index in [1.54, 1.807) is 18.9 Å². The van der Waals surface area contributed by atoms with Crippen molar-refractivity contribution in [3.8, 4) is 5.75 Å². The number of methoxy groups -OCH3 is 2. The number of anilines is 1. The Kier molecular flexibility index (Phi) is 4.99. The maximum atomic E-state index is 12.7. The molecule has 0 unspecified atom stereocenters. The fourth-order valence-corrected chi connectivity index (χ4v) is 2.77. The molecule has 1 N–H and O–H groups in total. The first-order chi connectivity index (χ1) is 12.2. The minimum atomic E-state index is -0.455. The fraction of sp³-hybridized carbons (Fsp3) is 0.353. The lowest BCUT2D eigenvalue weighted by Crippen LogP contribution is -2.30. The topological polar surface area (TPSA) is 87.5 Å². The van der Waals surface area contributed by atoms with Crippen molar-refractivity contribution in [2.24, 2.45) is 0 Å². The summed E-state index contributed by atoms with van der Waals surface area (Å²) < 4.78 is 17.2. The van der Waals surface area contributed by atoms with Crippen molar-refractivity contribution in [2.45, 2.75) is 13.0 Å². The summed E-state index contributed by atoms with van der Waals surface area (Å²) in [5.41, 5.74) is 2.00. The Morgan fingerprint density at radius 1 is 1.32 bits per heavy atom. The lowest BCUT2D eigenvalue weighted by atomic mass is 9.95. The van der Waals surface area contributed by atoms with Crippen LogP contribution in [0.1, 0.15) is 18.5 Å². The molecule has 0 fully saturated rings. The number of rotatable bonds is 6. The maximum Gasteiger partial charge on any atom is 0.338 e. The Labute approximate surface area is 145 Å². The fourth-order valence-electron chi connectivity index (χ4n) is 2.77. The number of hydrogen-bond donors (Lipinski definition) is 1. The second kappa shape index (κ2) is 7.35. The third kappa shape index (κ3) is 3.34. The van der Waals surface area contributed by atoms with Crippen LogP contribution in [0.25, 0.3) is 0 Å². The quantitative estimate of drug-likeness (QED) is 0.631. The van der Waals surface area contributed by atoms with Crippen LogP contribution < -0.4 is 10.1 Å². The molecular formula is C17H20N4O4.